The minimum Gasteiger partial charge on any atom is -0.380 e. The number of hydrogen-bond acceptors (Lipinski definition) is 11. The highest BCUT2D eigenvalue weighted by atomic mass is 35.5. The molecule has 4 aromatic carbocycles. The second-order valence-electron chi connectivity index (χ2n) is 17.3. The fourth-order valence-corrected chi connectivity index (χ4v) is 12.0. The number of allylic oxidation sites excluding steroid dienone is 1. The van der Waals surface area contributed by atoms with Crippen LogP contribution < -0.4 is 14.9 Å². The van der Waals surface area contributed by atoms with Crippen molar-refractivity contribution in [3.63, 3.8) is 0 Å². The first-order chi connectivity index (χ1) is 31.1. The van der Waals surface area contributed by atoms with E-state index in [0.29, 0.717) is 56.5 Å². The van der Waals surface area contributed by atoms with E-state index in [4.69, 9.17) is 16.3 Å². The van der Waals surface area contributed by atoms with Gasteiger partial charge in [-0.1, -0.05) is 47.5 Å². The van der Waals surface area contributed by atoms with E-state index < -0.39 is 52.8 Å². The average Bonchev–Trinajstić information content (AvgIpc) is 4.06. The summed E-state index contributed by atoms with van der Waals surface area (Å²) in [5.41, 5.74) is -0.614. The van der Waals surface area contributed by atoms with Crippen LogP contribution >= 0.6 is 23.4 Å². The van der Waals surface area contributed by atoms with Gasteiger partial charge >= 0.3 is 5.51 Å². The summed E-state index contributed by atoms with van der Waals surface area (Å²) in [5.74, 6) is -0.646. The predicted molar refractivity (Wildman–Crippen MR) is 250 cm³/mol. The SMILES string of the molecule is O=C(NS(=O)(=O)c1ccc(NC(CCN2CCOCC2)CSc2ccccc2)c(S(=O)(=O)C(F)(F)F)c1)c1ccc(N2CCN(CC3=C(c4ccc(Cl)cc4)CCC4(CC4)C3)CC2)cc1. The number of halogens is 4. The number of benzene rings is 4. The molecule has 2 saturated heterocycles. The third kappa shape index (κ3) is 11.7. The molecule has 8 rings (SSSR count). The van der Waals surface area contributed by atoms with Gasteiger partial charge < -0.3 is 15.0 Å². The van der Waals surface area contributed by atoms with Gasteiger partial charge in [-0.3, -0.25) is 14.6 Å². The van der Waals surface area contributed by atoms with Gasteiger partial charge in [0.05, 0.1) is 23.8 Å². The van der Waals surface area contributed by atoms with E-state index in [1.165, 1.54) is 59.9 Å². The normalized spacial score (nSPS) is 19.0. The molecule has 2 N–H and O–H groups in total. The predicted octanol–water partition coefficient (Wildman–Crippen LogP) is 8.59. The lowest BCUT2D eigenvalue weighted by molar-refractivity contribution is -0.0435. The molecule has 1 unspecified atom stereocenters. The van der Waals surface area contributed by atoms with Crippen molar-refractivity contribution in [3.8, 4) is 0 Å². The molecule has 4 aromatic rings. The van der Waals surface area contributed by atoms with Crippen molar-refractivity contribution in [2.75, 3.05) is 81.5 Å². The minimum absolute atomic E-state index is 0.00406. The number of carbonyl (C=O) groups excluding carboxylic acids is 1. The molecule has 2 aliphatic carbocycles. The van der Waals surface area contributed by atoms with E-state index in [9.17, 15) is 34.8 Å². The van der Waals surface area contributed by atoms with Gasteiger partial charge in [0, 0.05) is 85.3 Å². The summed E-state index contributed by atoms with van der Waals surface area (Å²) < 4.78 is 103. The summed E-state index contributed by atoms with van der Waals surface area (Å²) in [7, 11) is -10.9. The highest BCUT2D eigenvalue weighted by Gasteiger charge is 2.49. The fourth-order valence-electron chi connectivity index (χ4n) is 8.90. The quantitative estimate of drug-likeness (QED) is 0.105. The number of morpholine rings is 1. The molecule has 0 aromatic heterocycles. The first kappa shape index (κ1) is 47.4. The molecule has 11 nitrogen and oxygen atoms in total. The molecular formula is C47H53ClF3N5O6S3. The van der Waals surface area contributed by atoms with Gasteiger partial charge in [-0.05, 0) is 122 Å². The Kier molecular flexibility index (Phi) is 14.6. The fraction of sp³-hybridized carbons (Fsp3) is 0.426. The Morgan fingerprint density at radius 2 is 1.52 bits per heavy atom. The van der Waals surface area contributed by atoms with Crippen molar-refractivity contribution in [1.29, 1.82) is 0 Å². The van der Waals surface area contributed by atoms with Crippen molar-refractivity contribution >= 4 is 66.1 Å². The summed E-state index contributed by atoms with van der Waals surface area (Å²) in [4.78, 5) is 19.0. The Labute approximate surface area is 388 Å². The number of carbonyl (C=O) groups is 1. The molecule has 1 spiro atoms. The zero-order valence-electron chi connectivity index (χ0n) is 35.9. The van der Waals surface area contributed by atoms with Crippen molar-refractivity contribution in [3.05, 3.63) is 119 Å². The molecule has 4 aliphatic rings. The molecule has 18 heteroatoms. The van der Waals surface area contributed by atoms with Crippen LogP contribution in [0.2, 0.25) is 5.02 Å². The Hall–Kier alpha value is -4.10. The number of nitrogens with one attached hydrogen (secondary N) is 2. The number of alkyl halides is 3. The lowest BCUT2D eigenvalue weighted by Gasteiger charge is -2.38. The number of anilines is 2. The summed E-state index contributed by atoms with van der Waals surface area (Å²) >= 11 is 7.65. The lowest BCUT2D eigenvalue weighted by Crippen LogP contribution is -2.47. The van der Waals surface area contributed by atoms with E-state index in [1.807, 2.05) is 47.2 Å². The third-order valence-corrected chi connectivity index (χ3v) is 17.2. The van der Waals surface area contributed by atoms with Crippen LogP contribution in [0.3, 0.4) is 0 Å². The second-order valence-corrected chi connectivity index (χ2v) is 22.4. The third-order valence-electron chi connectivity index (χ3n) is 12.9. The molecule has 1 atom stereocenters. The van der Waals surface area contributed by atoms with Crippen LogP contribution in [0.25, 0.3) is 5.57 Å². The van der Waals surface area contributed by atoms with E-state index in [-0.39, 0.29) is 5.56 Å². The number of sulfone groups is 1. The molecule has 65 heavy (non-hydrogen) atoms. The van der Waals surface area contributed by atoms with Crippen molar-refractivity contribution in [2.45, 2.75) is 64.8 Å². The number of piperazine rings is 1. The summed E-state index contributed by atoms with van der Waals surface area (Å²) in [5, 5.41) is 3.72. The number of thioether (sulfide) groups is 1. The van der Waals surface area contributed by atoms with Gasteiger partial charge in [0.1, 0.15) is 4.90 Å². The van der Waals surface area contributed by atoms with Crippen molar-refractivity contribution < 1.29 is 39.5 Å². The zero-order valence-corrected chi connectivity index (χ0v) is 39.1. The minimum atomic E-state index is -6.05. The Bertz CT molecular complexity index is 2570. The maximum Gasteiger partial charge on any atom is 0.501 e. The van der Waals surface area contributed by atoms with Crippen LogP contribution in [0.4, 0.5) is 24.5 Å². The van der Waals surface area contributed by atoms with Crippen LogP contribution in [-0.4, -0.2) is 115 Å². The highest BCUT2D eigenvalue weighted by Crippen LogP contribution is 2.58. The standard InChI is InChI=1S/C47H53ClF3N5O6S3/c48-37-10-6-34(7-11-37)42-16-18-46(19-20-46)31-36(42)32-55-22-24-56(25-23-55)39-12-8-35(9-13-39)45(57)53-65(60,61)41-14-15-43(44(30-41)64(58,59)47(49,50)51)52-38(17-21-54-26-28-62-29-27-54)33-63-40-4-2-1-3-5-40/h1-15,30,38,52H,16-29,31-33H2,(H,53,57). The van der Waals surface area contributed by atoms with Crippen molar-refractivity contribution in [2.24, 2.45) is 5.41 Å². The molecule has 2 heterocycles. The lowest BCUT2D eigenvalue weighted by atomic mass is 9.79. The maximum atomic E-state index is 14.2. The van der Waals surface area contributed by atoms with Crippen LogP contribution in [0.1, 0.15) is 54.4 Å². The molecule has 2 aliphatic heterocycles. The van der Waals surface area contributed by atoms with E-state index in [0.717, 1.165) is 73.3 Å². The van der Waals surface area contributed by atoms with Crippen molar-refractivity contribution in [1.82, 2.24) is 14.5 Å². The Balaban J connectivity index is 0.926. The highest BCUT2D eigenvalue weighted by molar-refractivity contribution is 7.99. The van der Waals surface area contributed by atoms with E-state index in [2.05, 4.69) is 32.1 Å². The van der Waals surface area contributed by atoms with E-state index in [1.54, 1.807) is 12.1 Å². The molecule has 1 amide bonds. The Morgan fingerprint density at radius 3 is 2.18 bits per heavy atom. The number of ether oxygens (including phenoxy) is 1. The molecule has 0 radical (unpaired) electrons. The summed E-state index contributed by atoms with van der Waals surface area (Å²) in [6.07, 6.45) is 6.47. The summed E-state index contributed by atoms with van der Waals surface area (Å²) in [6.45, 7) is 7.13. The molecule has 1 saturated carbocycles. The largest absolute Gasteiger partial charge is 0.501 e. The van der Waals surface area contributed by atoms with Gasteiger partial charge in [0.2, 0.25) is 0 Å². The first-order valence-corrected chi connectivity index (χ1v) is 26.2. The maximum absolute atomic E-state index is 14.2. The average molecular weight is 973 g/mol. The number of rotatable bonds is 16. The van der Waals surface area contributed by atoms with Gasteiger partial charge in [-0.2, -0.15) is 13.2 Å². The van der Waals surface area contributed by atoms with Gasteiger partial charge in [0.25, 0.3) is 25.8 Å². The number of hydrogen-bond donors (Lipinski definition) is 2. The molecular weight excluding hydrogens is 919 g/mol. The number of amides is 1. The van der Waals surface area contributed by atoms with Gasteiger partial charge in [0.15, 0.2) is 0 Å². The Morgan fingerprint density at radius 1 is 0.831 bits per heavy atom. The first-order valence-electron chi connectivity index (χ1n) is 21.9. The molecule has 3 fully saturated rings. The number of nitrogens with zero attached hydrogens (tertiary/aromatic N) is 3. The number of sulfonamides is 1. The van der Waals surface area contributed by atoms with Gasteiger partial charge in [-0.25, -0.2) is 21.6 Å². The monoisotopic (exact) mass is 971 g/mol. The van der Waals surface area contributed by atoms with Crippen LogP contribution in [0, 0.1) is 5.41 Å². The smallest absolute Gasteiger partial charge is 0.380 e. The van der Waals surface area contributed by atoms with Crippen LogP contribution in [0.15, 0.2) is 117 Å². The van der Waals surface area contributed by atoms with Crippen LogP contribution in [0.5, 0.6) is 0 Å². The molecule has 348 valence electrons. The summed E-state index contributed by atoms with van der Waals surface area (Å²) in [6, 6.07) is 25.9. The van der Waals surface area contributed by atoms with Crippen LogP contribution in [-0.2, 0) is 24.6 Å². The topological polar surface area (TPSA) is 128 Å². The van der Waals surface area contributed by atoms with E-state index >= 15 is 0 Å². The zero-order chi connectivity index (χ0) is 45.8. The molecule has 0 bridgehead atoms. The van der Waals surface area contributed by atoms with Gasteiger partial charge in [-0.15, -0.1) is 11.8 Å². The second kappa shape index (κ2) is 20.0.